The van der Waals surface area contributed by atoms with Gasteiger partial charge in [-0.25, -0.2) is 4.98 Å². The number of nitrogens with zero attached hydrogens (tertiary/aromatic N) is 2. The molecule has 76 valence electrons. The highest BCUT2D eigenvalue weighted by Gasteiger charge is 2.14. The largest absolute Gasteiger partial charge is 0.481 e. The third kappa shape index (κ3) is 2.09. The summed E-state index contributed by atoms with van der Waals surface area (Å²) >= 11 is 0. The summed E-state index contributed by atoms with van der Waals surface area (Å²) in [5, 5.41) is 8.61. The molecule has 1 aromatic rings. The quantitative estimate of drug-likeness (QED) is 0.707. The number of rotatable bonds is 3. The maximum Gasteiger partial charge on any atom is 0.308 e. The summed E-state index contributed by atoms with van der Waals surface area (Å²) < 4.78 is 4.91. The molecule has 0 radical (unpaired) electrons. The lowest BCUT2D eigenvalue weighted by atomic mass is 10.2. The highest BCUT2D eigenvalue weighted by molar-refractivity contribution is 5.73. The lowest BCUT2D eigenvalue weighted by Crippen LogP contribution is -2.10. The van der Waals surface area contributed by atoms with Crippen LogP contribution in [-0.2, 0) is 11.2 Å². The number of anilines is 1. The molecule has 0 spiro atoms. The molecule has 0 amide bonds. The van der Waals surface area contributed by atoms with Crippen molar-refractivity contribution < 1.29 is 14.6 Å². The molecule has 6 nitrogen and oxygen atoms in total. The van der Waals surface area contributed by atoms with Crippen LogP contribution in [-0.4, -0.2) is 28.2 Å². The lowest BCUT2D eigenvalue weighted by Gasteiger charge is -2.08. The summed E-state index contributed by atoms with van der Waals surface area (Å²) in [6.07, 6.45) is -0.241. The molecule has 1 aromatic heterocycles. The molecule has 0 aliphatic carbocycles. The number of aromatic nitrogens is 2. The topological polar surface area (TPSA) is 98.3 Å². The van der Waals surface area contributed by atoms with Crippen LogP contribution in [0, 0.1) is 6.92 Å². The van der Waals surface area contributed by atoms with Crippen molar-refractivity contribution >= 4 is 11.8 Å². The van der Waals surface area contributed by atoms with E-state index < -0.39 is 5.97 Å². The first-order valence-corrected chi connectivity index (χ1v) is 3.93. The summed E-state index contributed by atoms with van der Waals surface area (Å²) in [6, 6.07) is 0. The zero-order chi connectivity index (χ0) is 10.7. The summed E-state index contributed by atoms with van der Waals surface area (Å²) in [4.78, 5) is 18.3. The summed E-state index contributed by atoms with van der Waals surface area (Å²) in [7, 11) is 1.41. The second-order valence-corrected chi connectivity index (χ2v) is 2.71. The van der Waals surface area contributed by atoms with Crippen molar-refractivity contribution in [1.82, 2.24) is 9.97 Å². The highest BCUT2D eigenvalue weighted by Crippen LogP contribution is 2.20. The Morgan fingerprint density at radius 1 is 1.57 bits per heavy atom. The standard InChI is InChI=1S/C8H11N3O3/c1-4-10-7(9)5(3-6(12)13)8(11-4)14-2/h3H2,1-2H3,(H,12,13)(H2,9,10,11). The van der Waals surface area contributed by atoms with Gasteiger partial charge in [-0.2, -0.15) is 4.98 Å². The van der Waals surface area contributed by atoms with Crippen LogP contribution in [0.15, 0.2) is 0 Å². The summed E-state index contributed by atoms with van der Waals surface area (Å²) in [5.74, 6) is -0.176. The van der Waals surface area contributed by atoms with Gasteiger partial charge in [-0.05, 0) is 6.92 Å². The Hall–Kier alpha value is -1.85. The van der Waals surface area contributed by atoms with E-state index in [0.29, 0.717) is 11.4 Å². The van der Waals surface area contributed by atoms with E-state index in [9.17, 15) is 4.79 Å². The molecule has 14 heavy (non-hydrogen) atoms. The van der Waals surface area contributed by atoms with Crippen LogP contribution >= 0.6 is 0 Å². The zero-order valence-corrected chi connectivity index (χ0v) is 7.94. The predicted molar refractivity (Wildman–Crippen MR) is 49.1 cm³/mol. The number of hydrogen-bond acceptors (Lipinski definition) is 5. The predicted octanol–water partition coefficient (Wildman–Crippen LogP) is 0.00292. The summed E-state index contributed by atoms with van der Waals surface area (Å²) in [5.41, 5.74) is 5.86. The molecule has 1 rings (SSSR count). The Morgan fingerprint density at radius 3 is 2.71 bits per heavy atom. The number of methoxy groups -OCH3 is 1. The van der Waals surface area contributed by atoms with Crippen LogP contribution < -0.4 is 10.5 Å². The van der Waals surface area contributed by atoms with E-state index >= 15 is 0 Å². The fourth-order valence-electron chi connectivity index (χ4n) is 1.08. The van der Waals surface area contributed by atoms with Gasteiger partial charge in [0, 0.05) is 0 Å². The van der Waals surface area contributed by atoms with Crippen molar-refractivity contribution in [2.24, 2.45) is 0 Å². The maximum absolute atomic E-state index is 10.5. The van der Waals surface area contributed by atoms with Gasteiger partial charge in [0.05, 0.1) is 19.1 Å². The third-order valence-electron chi connectivity index (χ3n) is 1.63. The minimum absolute atomic E-state index is 0.150. The average molecular weight is 197 g/mol. The second kappa shape index (κ2) is 3.91. The minimum atomic E-state index is -0.998. The molecule has 0 fully saturated rings. The molecule has 0 aromatic carbocycles. The Labute approximate surface area is 80.7 Å². The van der Waals surface area contributed by atoms with Crippen molar-refractivity contribution in [3.05, 3.63) is 11.4 Å². The van der Waals surface area contributed by atoms with Gasteiger partial charge in [0.25, 0.3) is 0 Å². The van der Waals surface area contributed by atoms with Crippen molar-refractivity contribution in [2.45, 2.75) is 13.3 Å². The van der Waals surface area contributed by atoms with E-state index in [1.54, 1.807) is 6.92 Å². The smallest absolute Gasteiger partial charge is 0.308 e. The molecule has 0 atom stereocenters. The van der Waals surface area contributed by atoms with Crippen LogP contribution in [0.3, 0.4) is 0 Å². The average Bonchev–Trinajstić information content (AvgIpc) is 2.08. The SMILES string of the molecule is COc1nc(C)nc(N)c1CC(=O)O. The Balaban J connectivity index is 3.18. The monoisotopic (exact) mass is 197 g/mol. The van der Waals surface area contributed by atoms with Crippen molar-refractivity contribution in [2.75, 3.05) is 12.8 Å². The molecule has 0 saturated carbocycles. The maximum atomic E-state index is 10.5. The number of nitrogens with two attached hydrogens (primary N) is 1. The molecule has 3 N–H and O–H groups in total. The van der Waals surface area contributed by atoms with Crippen molar-refractivity contribution in [3.63, 3.8) is 0 Å². The Kier molecular flexibility index (Phi) is 2.85. The van der Waals surface area contributed by atoms with E-state index in [2.05, 4.69) is 9.97 Å². The first-order valence-electron chi connectivity index (χ1n) is 3.93. The number of hydrogen-bond donors (Lipinski definition) is 2. The first-order chi connectivity index (χ1) is 6.54. The number of carboxylic acid groups (broad SMARTS) is 1. The molecular weight excluding hydrogens is 186 g/mol. The van der Waals surface area contributed by atoms with Gasteiger partial charge in [0.1, 0.15) is 11.6 Å². The third-order valence-corrected chi connectivity index (χ3v) is 1.63. The zero-order valence-electron chi connectivity index (χ0n) is 7.94. The minimum Gasteiger partial charge on any atom is -0.481 e. The first kappa shape index (κ1) is 10.2. The van der Waals surface area contributed by atoms with E-state index in [4.69, 9.17) is 15.6 Å². The molecular formula is C8H11N3O3. The van der Waals surface area contributed by atoms with Crippen molar-refractivity contribution in [1.29, 1.82) is 0 Å². The van der Waals surface area contributed by atoms with E-state index in [0.717, 1.165) is 0 Å². The number of carboxylic acids is 1. The van der Waals surface area contributed by atoms with Gasteiger partial charge in [-0.1, -0.05) is 0 Å². The number of aliphatic carboxylic acids is 1. The normalized spacial score (nSPS) is 9.86. The van der Waals surface area contributed by atoms with Gasteiger partial charge >= 0.3 is 5.97 Å². The number of aryl methyl sites for hydroxylation is 1. The molecule has 0 bridgehead atoms. The van der Waals surface area contributed by atoms with Gasteiger partial charge in [-0.3, -0.25) is 4.79 Å². The van der Waals surface area contributed by atoms with Crippen LogP contribution in [0.25, 0.3) is 0 Å². The van der Waals surface area contributed by atoms with Crippen LogP contribution in [0.5, 0.6) is 5.88 Å². The Bertz CT molecular complexity index is 365. The molecule has 0 aliphatic rings. The van der Waals surface area contributed by atoms with Crippen LogP contribution in [0.2, 0.25) is 0 Å². The molecule has 0 saturated heterocycles. The van der Waals surface area contributed by atoms with E-state index in [1.807, 2.05) is 0 Å². The number of nitrogen functional groups attached to an aromatic ring is 1. The van der Waals surface area contributed by atoms with Crippen LogP contribution in [0.1, 0.15) is 11.4 Å². The van der Waals surface area contributed by atoms with Crippen LogP contribution in [0.4, 0.5) is 5.82 Å². The molecule has 0 aliphatic heterocycles. The van der Waals surface area contributed by atoms with E-state index in [1.165, 1.54) is 7.11 Å². The fraction of sp³-hybridized carbons (Fsp3) is 0.375. The lowest BCUT2D eigenvalue weighted by molar-refractivity contribution is -0.136. The van der Waals surface area contributed by atoms with Gasteiger partial charge in [-0.15, -0.1) is 0 Å². The van der Waals surface area contributed by atoms with E-state index in [-0.39, 0.29) is 18.1 Å². The fourth-order valence-corrected chi connectivity index (χ4v) is 1.08. The number of carbonyl (C=O) groups is 1. The van der Waals surface area contributed by atoms with Gasteiger partial charge < -0.3 is 15.6 Å². The van der Waals surface area contributed by atoms with Gasteiger partial charge in [0.2, 0.25) is 5.88 Å². The molecule has 6 heteroatoms. The highest BCUT2D eigenvalue weighted by atomic mass is 16.5. The molecule has 1 heterocycles. The number of ether oxygens (including phenoxy) is 1. The Morgan fingerprint density at radius 2 is 2.21 bits per heavy atom. The van der Waals surface area contributed by atoms with Crippen molar-refractivity contribution in [3.8, 4) is 5.88 Å². The second-order valence-electron chi connectivity index (χ2n) is 2.71. The molecule has 0 unspecified atom stereocenters. The van der Waals surface area contributed by atoms with Gasteiger partial charge in [0.15, 0.2) is 0 Å². The summed E-state index contributed by atoms with van der Waals surface area (Å²) in [6.45, 7) is 1.66.